The predicted octanol–water partition coefficient (Wildman–Crippen LogP) is 4.69. The Hall–Kier alpha value is -3.00. The number of fused-ring (bicyclic) bond motifs is 1. The van der Waals surface area contributed by atoms with Gasteiger partial charge in [-0.25, -0.2) is 17.2 Å². The van der Waals surface area contributed by atoms with E-state index < -0.39 is 39.5 Å². The number of carboxylic acids is 1. The molecule has 1 heterocycles. The molecule has 0 amide bonds. The van der Waals surface area contributed by atoms with Crippen molar-refractivity contribution in [3.05, 3.63) is 88.4 Å². The Morgan fingerprint density at radius 2 is 1.90 bits per heavy atom. The van der Waals surface area contributed by atoms with Gasteiger partial charge in [-0.15, -0.1) is 0 Å². The smallest absolute Gasteiger partial charge is 0.303 e. The maximum Gasteiger partial charge on any atom is 0.303 e. The average Bonchev–Trinajstić information content (AvgIpc) is 3.11. The van der Waals surface area contributed by atoms with Gasteiger partial charge in [0.2, 0.25) is 0 Å². The first-order valence-corrected chi connectivity index (χ1v) is 11.4. The molecule has 0 spiro atoms. The van der Waals surface area contributed by atoms with Gasteiger partial charge in [0.15, 0.2) is 0 Å². The molecular formula is C23H21F2NO4S. The Kier molecular flexibility index (Phi) is 5.66. The third-order valence-corrected chi connectivity index (χ3v) is 7.66. The molecule has 0 saturated carbocycles. The van der Waals surface area contributed by atoms with Crippen LogP contribution in [0.15, 0.2) is 65.6 Å². The first-order chi connectivity index (χ1) is 14.8. The van der Waals surface area contributed by atoms with Gasteiger partial charge in [-0.2, -0.15) is 0 Å². The second-order valence-electron chi connectivity index (χ2n) is 7.72. The fourth-order valence-corrected chi connectivity index (χ4v) is 5.95. The molecule has 1 unspecified atom stereocenters. The topological polar surface area (TPSA) is 74.7 Å². The van der Waals surface area contributed by atoms with Gasteiger partial charge in [0.05, 0.1) is 10.6 Å². The lowest BCUT2D eigenvalue weighted by molar-refractivity contribution is -0.137. The minimum atomic E-state index is -3.96. The number of anilines is 1. The van der Waals surface area contributed by atoms with Crippen LogP contribution in [0.3, 0.4) is 0 Å². The largest absolute Gasteiger partial charge is 0.481 e. The molecule has 1 aliphatic carbocycles. The number of carboxylic acid groups (broad SMARTS) is 1. The Bertz CT molecular complexity index is 1190. The third kappa shape index (κ3) is 4.12. The molecule has 2 aromatic carbocycles. The molecule has 1 N–H and O–H groups in total. The third-order valence-electron chi connectivity index (χ3n) is 5.76. The fourth-order valence-electron chi connectivity index (χ4n) is 4.22. The van der Waals surface area contributed by atoms with E-state index in [0.29, 0.717) is 16.8 Å². The van der Waals surface area contributed by atoms with E-state index in [4.69, 9.17) is 5.11 Å². The van der Waals surface area contributed by atoms with Gasteiger partial charge in [-0.05, 0) is 54.3 Å². The summed E-state index contributed by atoms with van der Waals surface area (Å²) in [6.45, 7) is 0.0415. The summed E-state index contributed by atoms with van der Waals surface area (Å²) in [5, 5.41) is 9.01. The maximum atomic E-state index is 14.2. The number of allylic oxidation sites excluding steroid dienone is 4. The number of hydrogen-bond donors (Lipinski definition) is 1. The molecule has 31 heavy (non-hydrogen) atoms. The Morgan fingerprint density at radius 3 is 2.65 bits per heavy atom. The molecule has 2 aliphatic rings. The minimum absolute atomic E-state index is 0.0415. The molecule has 0 bridgehead atoms. The second-order valence-corrected chi connectivity index (χ2v) is 9.63. The van der Waals surface area contributed by atoms with Crippen LogP contribution in [-0.2, 0) is 14.8 Å². The number of nitrogens with zero attached hydrogens (tertiary/aromatic N) is 1. The number of hydrogen-bond acceptors (Lipinski definition) is 3. The summed E-state index contributed by atoms with van der Waals surface area (Å²) in [5.74, 6) is -2.73. The zero-order chi connectivity index (χ0) is 22.2. The molecule has 0 aromatic heterocycles. The molecule has 2 atom stereocenters. The summed E-state index contributed by atoms with van der Waals surface area (Å²) < 4.78 is 56.3. The van der Waals surface area contributed by atoms with Crippen LogP contribution < -0.4 is 4.31 Å². The van der Waals surface area contributed by atoms with E-state index in [1.54, 1.807) is 30.4 Å². The van der Waals surface area contributed by atoms with E-state index in [1.165, 1.54) is 34.6 Å². The number of aliphatic carboxylic acids is 1. The standard InChI is InChI=1S/C23H21F2NO4S/c24-17-9-10-22-20(13-17)16(8-11-23(27)28)14-26(22)31(29,30)18-5-3-4-15(12-18)19-6-1-2-7-21(19)25/h1-7,9-10,13,15-16H,8,11-12,14H2,(H,27,28)/t15?,16-/m0/s1. The van der Waals surface area contributed by atoms with Crippen LogP contribution in [0, 0.1) is 11.6 Å². The lowest BCUT2D eigenvalue weighted by Crippen LogP contribution is -2.32. The normalized spacial score (nSPS) is 20.5. The summed E-state index contributed by atoms with van der Waals surface area (Å²) in [4.78, 5) is 11.1. The lowest BCUT2D eigenvalue weighted by atomic mass is 9.92. The molecule has 0 radical (unpaired) electrons. The van der Waals surface area contributed by atoms with Crippen LogP contribution in [0.4, 0.5) is 14.5 Å². The summed E-state index contributed by atoms with van der Waals surface area (Å²) in [6.07, 6.45) is 5.04. The van der Waals surface area contributed by atoms with Crippen LogP contribution in [0.1, 0.15) is 42.2 Å². The van der Waals surface area contributed by atoms with E-state index in [2.05, 4.69) is 0 Å². The van der Waals surface area contributed by atoms with Gasteiger partial charge >= 0.3 is 5.97 Å². The van der Waals surface area contributed by atoms with Crippen molar-refractivity contribution in [1.29, 1.82) is 0 Å². The van der Waals surface area contributed by atoms with Gasteiger partial charge in [0, 0.05) is 24.8 Å². The summed E-state index contributed by atoms with van der Waals surface area (Å²) in [7, 11) is -3.96. The first-order valence-electron chi connectivity index (χ1n) is 9.93. The Morgan fingerprint density at radius 1 is 1.13 bits per heavy atom. The van der Waals surface area contributed by atoms with Gasteiger partial charge < -0.3 is 5.11 Å². The van der Waals surface area contributed by atoms with Crippen molar-refractivity contribution < 1.29 is 27.1 Å². The van der Waals surface area contributed by atoms with Crippen LogP contribution in [-0.4, -0.2) is 26.0 Å². The highest BCUT2D eigenvalue weighted by atomic mass is 32.2. The van der Waals surface area contributed by atoms with E-state index in [-0.39, 0.29) is 30.7 Å². The van der Waals surface area contributed by atoms with E-state index in [1.807, 2.05) is 0 Å². The Labute approximate surface area is 179 Å². The summed E-state index contributed by atoms with van der Waals surface area (Å²) in [6, 6.07) is 10.1. The maximum absolute atomic E-state index is 14.2. The van der Waals surface area contributed by atoms with Gasteiger partial charge in [-0.1, -0.05) is 30.4 Å². The van der Waals surface area contributed by atoms with Crippen LogP contribution >= 0.6 is 0 Å². The van der Waals surface area contributed by atoms with Crippen LogP contribution in [0.2, 0.25) is 0 Å². The van der Waals surface area contributed by atoms with Crippen molar-refractivity contribution in [2.24, 2.45) is 0 Å². The molecule has 5 nitrogen and oxygen atoms in total. The highest BCUT2D eigenvalue weighted by molar-refractivity contribution is 7.96. The zero-order valence-electron chi connectivity index (χ0n) is 16.5. The predicted molar refractivity (Wildman–Crippen MR) is 113 cm³/mol. The van der Waals surface area contributed by atoms with Crippen molar-refractivity contribution >= 4 is 21.7 Å². The fraction of sp³-hybridized carbons (Fsp3) is 0.261. The molecule has 8 heteroatoms. The highest BCUT2D eigenvalue weighted by Gasteiger charge is 2.38. The molecule has 1 aliphatic heterocycles. The van der Waals surface area contributed by atoms with Gasteiger partial charge in [0.25, 0.3) is 10.0 Å². The number of halogens is 2. The van der Waals surface area contributed by atoms with Crippen molar-refractivity contribution in [1.82, 2.24) is 0 Å². The van der Waals surface area contributed by atoms with Crippen LogP contribution in [0.5, 0.6) is 0 Å². The van der Waals surface area contributed by atoms with Crippen LogP contribution in [0.25, 0.3) is 0 Å². The van der Waals surface area contributed by atoms with Crippen molar-refractivity contribution in [2.75, 3.05) is 10.8 Å². The monoisotopic (exact) mass is 445 g/mol. The summed E-state index contributed by atoms with van der Waals surface area (Å²) >= 11 is 0. The Balaban J connectivity index is 1.64. The average molecular weight is 445 g/mol. The molecule has 0 saturated heterocycles. The van der Waals surface area contributed by atoms with Gasteiger partial charge in [0.1, 0.15) is 11.6 Å². The molecule has 2 aromatic rings. The first kappa shape index (κ1) is 21.2. The SMILES string of the molecule is O=C(O)CC[C@H]1CN(S(=O)(=O)C2=CC=CC(c3ccccc3F)C2)c2ccc(F)cc21. The molecule has 162 valence electrons. The lowest BCUT2D eigenvalue weighted by Gasteiger charge is -2.25. The van der Waals surface area contributed by atoms with Crippen molar-refractivity contribution in [2.45, 2.75) is 31.1 Å². The molecule has 4 rings (SSSR count). The summed E-state index contributed by atoms with van der Waals surface area (Å²) in [5.41, 5.74) is 1.26. The van der Waals surface area contributed by atoms with Crippen molar-refractivity contribution in [3.63, 3.8) is 0 Å². The number of benzene rings is 2. The van der Waals surface area contributed by atoms with Gasteiger partial charge in [-0.3, -0.25) is 9.10 Å². The second kappa shape index (κ2) is 8.26. The number of rotatable bonds is 6. The van der Waals surface area contributed by atoms with E-state index in [9.17, 15) is 22.0 Å². The number of carbonyl (C=O) groups is 1. The molecular weight excluding hydrogens is 424 g/mol. The van der Waals surface area contributed by atoms with E-state index in [0.717, 1.165) is 0 Å². The minimum Gasteiger partial charge on any atom is -0.481 e. The molecule has 0 fully saturated rings. The highest BCUT2D eigenvalue weighted by Crippen LogP contribution is 2.43. The van der Waals surface area contributed by atoms with Crippen molar-refractivity contribution in [3.8, 4) is 0 Å². The number of sulfonamides is 1. The zero-order valence-corrected chi connectivity index (χ0v) is 17.4. The quantitative estimate of drug-likeness (QED) is 0.700. The van der Waals surface area contributed by atoms with E-state index >= 15 is 0 Å².